The molecule has 0 unspecified atom stereocenters. The van der Waals surface area contributed by atoms with E-state index in [0.29, 0.717) is 19.8 Å². The first-order chi connectivity index (χ1) is 12.3. The van der Waals surface area contributed by atoms with Crippen LogP contribution in [0.4, 0.5) is 0 Å². The van der Waals surface area contributed by atoms with Gasteiger partial charge in [-0.3, -0.25) is 9.98 Å². The summed E-state index contributed by atoms with van der Waals surface area (Å²) in [5.41, 5.74) is 2.12. The van der Waals surface area contributed by atoms with E-state index in [4.69, 9.17) is 9.47 Å². The fourth-order valence-corrected chi connectivity index (χ4v) is 2.19. The van der Waals surface area contributed by atoms with Crippen molar-refractivity contribution in [1.82, 2.24) is 15.6 Å². The van der Waals surface area contributed by atoms with Crippen molar-refractivity contribution in [3.8, 4) is 5.75 Å². The molecule has 1 heterocycles. The lowest BCUT2D eigenvalue weighted by molar-refractivity contribution is 0.119. The van der Waals surface area contributed by atoms with Gasteiger partial charge in [0.15, 0.2) is 5.96 Å². The number of ether oxygens (including phenoxy) is 2. The molecule has 2 N–H and O–H groups in total. The smallest absolute Gasteiger partial charge is 0.191 e. The second-order valence-electron chi connectivity index (χ2n) is 5.43. The van der Waals surface area contributed by atoms with Crippen LogP contribution in [-0.4, -0.2) is 38.3 Å². The molecule has 1 aromatic carbocycles. The van der Waals surface area contributed by atoms with Gasteiger partial charge in [0.05, 0.1) is 26.0 Å². The first-order valence-corrected chi connectivity index (χ1v) is 8.37. The highest BCUT2D eigenvalue weighted by atomic mass is 16.5. The normalized spacial score (nSPS) is 11.2. The molecule has 0 fully saturated rings. The molecule has 0 radical (unpaired) electrons. The summed E-state index contributed by atoms with van der Waals surface area (Å²) in [5, 5.41) is 6.50. The largest absolute Gasteiger partial charge is 0.497 e. The summed E-state index contributed by atoms with van der Waals surface area (Å²) in [6.07, 6.45) is 2.69. The van der Waals surface area contributed by atoms with Gasteiger partial charge in [0.2, 0.25) is 0 Å². The van der Waals surface area contributed by atoms with Crippen LogP contribution in [0, 0.1) is 0 Å². The number of hydrogen-bond acceptors (Lipinski definition) is 4. The summed E-state index contributed by atoms with van der Waals surface area (Å²) in [7, 11) is 3.42. The summed E-state index contributed by atoms with van der Waals surface area (Å²) in [6.45, 7) is 2.74. The van der Waals surface area contributed by atoms with Crippen LogP contribution in [0.1, 0.15) is 17.7 Å². The fourth-order valence-electron chi connectivity index (χ4n) is 2.19. The topological polar surface area (TPSA) is 67.8 Å². The van der Waals surface area contributed by atoms with Crippen molar-refractivity contribution in [2.24, 2.45) is 4.99 Å². The Bertz CT molecular complexity index is 630. The van der Waals surface area contributed by atoms with Crippen LogP contribution >= 0.6 is 0 Å². The molecule has 0 aliphatic heterocycles. The zero-order valence-corrected chi connectivity index (χ0v) is 14.9. The van der Waals surface area contributed by atoms with Gasteiger partial charge in [0.25, 0.3) is 0 Å². The lowest BCUT2D eigenvalue weighted by Crippen LogP contribution is -2.37. The predicted molar refractivity (Wildman–Crippen MR) is 99.7 cm³/mol. The number of aliphatic imine (C=N–C) groups is 1. The Morgan fingerprint density at radius 3 is 2.64 bits per heavy atom. The van der Waals surface area contributed by atoms with E-state index >= 15 is 0 Å². The predicted octanol–water partition coefficient (Wildman–Crippen LogP) is 2.36. The second-order valence-corrected chi connectivity index (χ2v) is 5.43. The quantitative estimate of drug-likeness (QED) is 0.416. The van der Waals surface area contributed by atoms with Crippen molar-refractivity contribution in [3.05, 3.63) is 59.9 Å². The molecule has 0 aliphatic carbocycles. The Hall–Kier alpha value is -2.60. The van der Waals surface area contributed by atoms with Gasteiger partial charge >= 0.3 is 0 Å². The highest BCUT2D eigenvalue weighted by Gasteiger charge is 1.99. The van der Waals surface area contributed by atoms with Crippen molar-refractivity contribution < 1.29 is 9.47 Å². The number of guanidine groups is 1. The van der Waals surface area contributed by atoms with Crippen molar-refractivity contribution in [2.75, 3.05) is 27.3 Å². The molecule has 1 aromatic heterocycles. The molecule has 0 saturated heterocycles. The SMILES string of the molecule is CN=C(NCCCOCc1ccc(OC)cc1)NCc1ccccn1. The Labute approximate surface area is 149 Å². The molecule has 25 heavy (non-hydrogen) atoms. The Kier molecular flexibility index (Phi) is 8.27. The molecule has 6 nitrogen and oxygen atoms in total. The molecule has 2 aromatic rings. The highest BCUT2D eigenvalue weighted by Crippen LogP contribution is 2.11. The summed E-state index contributed by atoms with van der Waals surface area (Å²) >= 11 is 0. The number of nitrogens with zero attached hydrogens (tertiary/aromatic N) is 2. The molecule has 0 bridgehead atoms. The van der Waals surface area contributed by atoms with E-state index in [1.807, 2.05) is 42.5 Å². The van der Waals surface area contributed by atoms with Crippen molar-refractivity contribution >= 4 is 5.96 Å². The summed E-state index contributed by atoms with van der Waals surface area (Å²) < 4.78 is 10.8. The highest BCUT2D eigenvalue weighted by molar-refractivity contribution is 5.79. The zero-order valence-electron chi connectivity index (χ0n) is 14.9. The zero-order chi connectivity index (χ0) is 17.7. The molecule has 0 amide bonds. The number of aromatic nitrogens is 1. The Morgan fingerprint density at radius 1 is 1.12 bits per heavy atom. The van der Waals surface area contributed by atoms with Crippen molar-refractivity contribution in [2.45, 2.75) is 19.6 Å². The van der Waals surface area contributed by atoms with Crippen molar-refractivity contribution in [1.29, 1.82) is 0 Å². The van der Waals surface area contributed by atoms with Crippen LogP contribution < -0.4 is 15.4 Å². The van der Waals surface area contributed by atoms with Gasteiger partial charge in [-0.2, -0.15) is 0 Å². The number of pyridine rings is 1. The minimum atomic E-state index is 0.608. The first kappa shape index (κ1) is 18.7. The van der Waals surface area contributed by atoms with Gasteiger partial charge < -0.3 is 20.1 Å². The molecule has 0 atom stereocenters. The minimum Gasteiger partial charge on any atom is -0.497 e. The number of benzene rings is 1. The van der Waals surface area contributed by atoms with Crippen LogP contribution in [0.25, 0.3) is 0 Å². The number of nitrogens with one attached hydrogen (secondary N) is 2. The van der Waals surface area contributed by atoms with E-state index in [1.165, 1.54) is 0 Å². The molecule has 134 valence electrons. The standard InChI is InChI=1S/C19H26N4O2/c1-20-19(23-14-17-6-3-4-11-21-17)22-12-5-13-25-15-16-7-9-18(24-2)10-8-16/h3-4,6-11H,5,12-15H2,1-2H3,(H2,20,22,23). The van der Waals surface area contributed by atoms with E-state index in [1.54, 1.807) is 20.4 Å². The summed E-state index contributed by atoms with van der Waals surface area (Å²) in [4.78, 5) is 8.47. The van der Waals surface area contributed by atoms with E-state index in [9.17, 15) is 0 Å². The maximum atomic E-state index is 5.69. The maximum absolute atomic E-state index is 5.69. The van der Waals surface area contributed by atoms with Gasteiger partial charge in [-0.15, -0.1) is 0 Å². The van der Waals surface area contributed by atoms with Crippen LogP contribution in [-0.2, 0) is 17.9 Å². The van der Waals surface area contributed by atoms with Crippen LogP contribution in [0.2, 0.25) is 0 Å². The number of rotatable bonds is 9. The maximum Gasteiger partial charge on any atom is 0.191 e. The fraction of sp³-hybridized carbons (Fsp3) is 0.368. The van der Waals surface area contributed by atoms with Gasteiger partial charge in [-0.25, -0.2) is 0 Å². The van der Waals surface area contributed by atoms with E-state index in [2.05, 4.69) is 20.6 Å². The van der Waals surface area contributed by atoms with Gasteiger partial charge in [0.1, 0.15) is 5.75 Å². The van der Waals surface area contributed by atoms with Gasteiger partial charge in [-0.1, -0.05) is 18.2 Å². The third-order valence-electron chi connectivity index (χ3n) is 3.57. The average Bonchev–Trinajstić information content (AvgIpc) is 2.68. The number of methoxy groups -OCH3 is 1. The molecule has 2 rings (SSSR count). The Balaban J connectivity index is 1.56. The first-order valence-electron chi connectivity index (χ1n) is 8.37. The molecule has 0 spiro atoms. The van der Waals surface area contributed by atoms with E-state index < -0.39 is 0 Å². The van der Waals surface area contributed by atoms with Gasteiger partial charge in [-0.05, 0) is 36.2 Å². The lowest BCUT2D eigenvalue weighted by atomic mass is 10.2. The molecule has 0 aliphatic rings. The third kappa shape index (κ3) is 7.22. The minimum absolute atomic E-state index is 0.608. The van der Waals surface area contributed by atoms with Crippen molar-refractivity contribution in [3.63, 3.8) is 0 Å². The van der Waals surface area contributed by atoms with Crippen LogP contribution in [0.5, 0.6) is 5.75 Å². The second kappa shape index (κ2) is 11.0. The summed E-state index contributed by atoms with van der Waals surface area (Å²) in [6, 6.07) is 13.8. The molecular weight excluding hydrogens is 316 g/mol. The monoisotopic (exact) mass is 342 g/mol. The number of hydrogen-bond donors (Lipinski definition) is 2. The molecule has 6 heteroatoms. The van der Waals surface area contributed by atoms with Gasteiger partial charge in [0, 0.05) is 26.4 Å². The third-order valence-corrected chi connectivity index (χ3v) is 3.57. The van der Waals surface area contributed by atoms with Crippen LogP contribution in [0.3, 0.4) is 0 Å². The van der Waals surface area contributed by atoms with E-state index in [0.717, 1.165) is 35.9 Å². The Morgan fingerprint density at radius 2 is 1.96 bits per heavy atom. The van der Waals surface area contributed by atoms with E-state index in [-0.39, 0.29) is 0 Å². The lowest BCUT2D eigenvalue weighted by Gasteiger charge is -2.11. The molecule has 0 saturated carbocycles. The van der Waals surface area contributed by atoms with Crippen LogP contribution in [0.15, 0.2) is 53.7 Å². The molecular formula is C19H26N4O2. The summed E-state index contributed by atoms with van der Waals surface area (Å²) in [5.74, 6) is 1.62. The average molecular weight is 342 g/mol.